The lowest BCUT2D eigenvalue weighted by Crippen LogP contribution is -2.38. The van der Waals surface area contributed by atoms with Crippen molar-refractivity contribution in [1.29, 1.82) is 0 Å². The molecule has 2 amide bonds. The number of urea groups is 1. The number of aromatic nitrogens is 1. The number of hydrogen-bond acceptors (Lipinski definition) is 4. The molecule has 4 rings (SSSR count). The van der Waals surface area contributed by atoms with Gasteiger partial charge in [0.25, 0.3) is 0 Å². The molecule has 2 aliphatic rings. The molecule has 2 atom stereocenters. The zero-order valence-corrected chi connectivity index (χ0v) is 13.6. The summed E-state index contributed by atoms with van der Waals surface area (Å²) in [5.41, 5.74) is 0.627. The number of carboxylic acid groups (broad SMARTS) is 1. The molecule has 2 fully saturated rings. The first-order valence-electron chi connectivity index (χ1n) is 8.38. The lowest BCUT2D eigenvalue weighted by atomic mass is 9.81. The van der Waals surface area contributed by atoms with E-state index in [0.717, 1.165) is 18.4 Å². The average Bonchev–Trinajstić information content (AvgIpc) is 3.30. The van der Waals surface area contributed by atoms with E-state index in [1.54, 1.807) is 23.2 Å². The highest BCUT2D eigenvalue weighted by Crippen LogP contribution is 2.48. The number of anilines is 1. The molecule has 0 bridgehead atoms. The van der Waals surface area contributed by atoms with Crippen LogP contribution < -0.4 is 5.32 Å². The van der Waals surface area contributed by atoms with Crippen LogP contribution >= 0.6 is 0 Å². The van der Waals surface area contributed by atoms with Crippen molar-refractivity contribution in [3.63, 3.8) is 0 Å². The highest BCUT2D eigenvalue weighted by Gasteiger charge is 2.55. The molecule has 2 N–H and O–H groups in total. The molecule has 1 saturated heterocycles. The van der Waals surface area contributed by atoms with Crippen LogP contribution in [0.1, 0.15) is 19.3 Å². The number of amides is 2. The van der Waals surface area contributed by atoms with Crippen molar-refractivity contribution in [2.45, 2.75) is 19.3 Å². The summed E-state index contributed by atoms with van der Waals surface area (Å²) in [5.74, 6) is -0.248. The molecule has 0 radical (unpaired) electrons. The Morgan fingerprint density at radius 2 is 2.28 bits per heavy atom. The topological polar surface area (TPSA) is 95.7 Å². The summed E-state index contributed by atoms with van der Waals surface area (Å²) >= 11 is 0. The van der Waals surface area contributed by atoms with E-state index in [0.29, 0.717) is 24.5 Å². The Bertz CT molecular complexity index is 804. The molecule has 25 heavy (non-hydrogen) atoms. The van der Waals surface area contributed by atoms with Crippen LogP contribution in [0.5, 0.6) is 0 Å². The van der Waals surface area contributed by atoms with Crippen LogP contribution in [0, 0.1) is 11.3 Å². The Hall–Kier alpha value is -2.83. The summed E-state index contributed by atoms with van der Waals surface area (Å²) < 4.78 is 5.27. The van der Waals surface area contributed by atoms with E-state index in [9.17, 15) is 14.7 Å². The fraction of sp³-hybridized carbons (Fsp3) is 0.389. The smallest absolute Gasteiger partial charge is 0.321 e. The molecule has 0 unspecified atom stereocenters. The zero-order valence-electron chi connectivity index (χ0n) is 13.6. The molecule has 1 aliphatic heterocycles. The van der Waals surface area contributed by atoms with Crippen LogP contribution in [0.15, 0.2) is 41.1 Å². The zero-order chi connectivity index (χ0) is 17.4. The number of carboxylic acids is 1. The van der Waals surface area contributed by atoms with Gasteiger partial charge in [0.2, 0.25) is 5.89 Å². The molecule has 2 aromatic rings. The van der Waals surface area contributed by atoms with E-state index < -0.39 is 11.4 Å². The van der Waals surface area contributed by atoms with Gasteiger partial charge in [-0.2, -0.15) is 0 Å². The van der Waals surface area contributed by atoms with Gasteiger partial charge in [0.15, 0.2) is 0 Å². The van der Waals surface area contributed by atoms with Crippen molar-refractivity contribution in [1.82, 2.24) is 9.88 Å². The van der Waals surface area contributed by atoms with Crippen molar-refractivity contribution >= 4 is 17.7 Å². The Morgan fingerprint density at radius 1 is 1.40 bits per heavy atom. The van der Waals surface area contributed by atoms with Crippen molar-refractivity contribution in [3.8, 4) is 11.5 Å². The first kappa shape index (κ1) is 15.7. The number of oxazole rings is 1. The minimum absolute atomic E-state index is 0.0504. The van der Waals surface area contributed by atoms with Gasteiger partial charge in [0.05, 0.1) is 11.6 Å². The van der Waals surface area contributed by atoms with Crippen molar-refractivity contribution < 1.29 is 19.1 Å². The number of aliphatic carboxylic acids is 1. The average molecular weight is 341 g/mol. The number of carbonyl (C=O) groups excluding carboxylic acids is 1. The minimum atomic E-state index is -0.781. The predicted molar refractivity (Wildman–Crippen MR) is 89.9 cm³/mol. The van der Waals surface area contributed by atoms with Crippen molar-refractivity contribution in [2.24, 2.45) is 11.3 Å². The lowest BCUT2D eigenvalue weighted by Gasteiger charge is -2.23. The highest BCUT2D eigenvalue weighted by atomic mass is 16.4. The van der Waals surface area contributed by atoms with Crippen molar-refractivity contribution in [2.75, 3.05) is 18.4 Å². The van der Waals surface area contributed by atoms with Gasteiger partial charge in [0, 0.05) is 24.3 Å². The maximum atomic E-state index is 12.6. The molecule has 1 aliphatic carbocycles. The molecule has 0 spiro atoms. The van der Waals surface area contributed by atoms with E-state index in [1.807, 2.05) is 12.1 Å². The van der Waals surface area contributed by atoms with Gasteiger partial charge in [-0.15, -0.1) is 0 Å². The third kappa shape index (κ3) is 2.65. The molecule has 7 nitrogen and oxygen atoms in total. The summed E-state index contributed by atoms with van der Waals surface area (Å²) in [6, 6.07) is 6.97. The van der Waals surface area contributed by atoms with Crippen LogP contribution in [0.3, 0.4) is 0 Å². The van der Waals surface area contributed by atoms with Gasteiger partial charge in [-0.05, 0) is 37.0 Å². The Kier molecular flexibility index (Phi) is 3.71. The molecule has 1 aromatic carbocycles. The molecule has 1 aromatic heterocycles. The quantitative estimate of drug-likeness (QED) is 0.894. The lowest BCUT2D eigenvalue weighted by molar-refractivity contribution is -0.149. The number of benzene rings is 1. The summed E-state index contributed by atoms with van der Waals surface area (Å²) in [4.78, 5) is 30.0. The van der Waals surface area contributed by atoms with Crippen LogP contribution in [0.2, 0.25) is 0 Å². The Labute approximate surface area is 144 Å². The summed E-state index contributed by atoms with van der Waals surface area (Å²) in [6.45, 7) is 0.774. The van der Waals surface area contributed by atoms with E-state index in [-0.39, 0.29) is 18.5 Å². The normalized spacial score (nSPS) is 25.0. The standard InChI is InChI=1S/C18H19N3O4/c22-16(23)18-6-2-4-13(18)10-21(11-18)17(24)20-14-5-1-3-12(9-14)15-19-7-8-25-15/h1,3,5,7-9,13H,2,4,6,10-11H2,(H,20,24)(H,22,23)/t13-,18+/m0/s1. The van der Waals surface area contributed by atoms with E-state index in [2.05, 4.69) is 10.3 Å². The number of likely N-dealkylation sites (tertiary alicyclic amines) is 1. The molecular formula is C18H19N3O4. The second-order valence-corrected chi connectivity index (χ2v) is 6.78. The van der Waals surface area contributed by atoms with E-state index >= 15 is 0 Å². The monoisotopic (exact) mass is 341 g/mol. The van der Waals surface area contributed by atoms with Gasteiger partial charge in [0.1, 0.15) is 6.26 Å². The summed E-state index contributed by atoms with van der Waals surface area (Å²) in [6.07, 6.45) is 5.50. The Balaban J connectivity index is 1.48. The first-order chi connectivity index (χ1) is 12.1. The van der Waals surface area contributed by atoms with Crippen LogP contribution in [0.25, 0.3) is 11.5 Å². The third-order valence-electron chi connectivity index (χ3n) is 5.38. The first-order valence-corrected chi connectivity index (χ1v) is 8.38. The van der Waals surface area contributed by atoms with Gasteiger partial charge < -0.3 is 19.7 Å². The van der Waals surface area contributed by atoms with Gasteiger partial charge in [-0.3, -0.25) is 4.79 Å². The molecule has 7 heteroatoms. The van der Waals surface area contributed by atoms with Gasteiger partial charge in [-0.25, -0.2) is 9.78 Å². The molecule has 130 valence electrons. The summed E-state index contributed by atoms with van der Waals surface area (Å²) in [5, 5.41) is 12.5. The fourth-order valence-electron chi connectivity index (χ4n) is 4.09. The number of rotatable bonds is 3. The molecule has 2 heterocycles. The predicted octanol–water partition coefficient (Wildman–Crippen LogP) is 3.06. The van der Waals surface area contributed by atoms with E-state index in [4.69, 9.17) is 4.42 Å². The number of fused-ring (bicyclic) bond motifs is 1. The number of hydrogen-bond donors (Lipinski definition) is 2. The van der Waals surface area contributed by atoms with Crippen LogP contribution in [-0.2, 0) is 4.79 Å². The minimum Gasteiger partial charge on any atom is -0.481 e. The number of carbonyl (C=O) groups is 2. The second kappa shape index (κ2) is 5.91. The van der Waals surface area contributed by atoms with E-state index in [1.165, 1.54) is 6.26 Å². The Morgan fingerprint density at radius 3 is 3.00 bits per heavy atom. The third-order valence-corrected chi connectivity index (χ3v) is 5.38. The summed E-state index contributed by atoms with van der Waals surface area (Å²) in [7, 11) is 0. The van der Waals surface area contributed by atoms with Crippen LogP contribution in [0.4, 0.5) is 10.5 Å². The largest absolute Gasteiger partial charge is 0.481 e. The van der Waals surface area contributed by atoms with Crippen molar-refractivity contribution in [3.05, 3.63) is 36.7 Å². The molecule has 1 saturated carbocycles. The number of nitrogens with one attached hydrogen (secondary N) is 1. The fourth-order valence-corrected chi connectivity index (χ4v) is 4.09. The number of nitrogens with zero attached hydrogens (tertiary/aromatic N) is 2. The maximum Gasteiger partial charge on any atom is 0.321 e. The van der Waals surface area contributed by atoms with Gasteiger partial charge in [-0.1, -0.05) is 12.5 Å². The molecular weight excluding hydrogens is 322 g/mol. The van der Waals surface area contributed by atoms with Crippen LogP contribution in [-0.4, -0.2) is 40.1 Å². The SMILES string of the molecule is O=C(Nc1cccc(-c2ncco2)c1)N1C[C@@H]2CCC[C@@]2(C(=O)O)C1. The van der Waals surface area contributed by atoms with Gasteiger partial charge >= 0.3 is 12.0 Å². The highest BCUT2D eigenvalue weighted by molar-refractivity contribution is 5.91. The maximum absolute atomic E-state index is 12.6. The second-order valence-electron chi connectivity index (χ2n) is 6.78.